The first kappa shape index (κ1) is 17.6. The van der Waals surface area contributed by atoms with Crippen LogP contribution in [-0.2, 0) is 11.3 Å². The standard InChI is InChI=1S/C16H28N4O/c1-5-20(12-13-6-8-18-9-7-13)14(11-17)10-15(21)19-16(2,3)4/h6-9,14H,5,10-12,17H2,1-4H3,(H,19,21). The second-order valence-electron chi connectivity index (χ2n) is 6.31. The fraction of sp³-hybridized carbons (Fsp3) is 0.625. The van der Waals surface area contributed by atoms with Crippen molar-refractivity contribution in [2.45, 2.75) is 52.2 Å². The van der Waals surface area contributed by atoms with E-state index in [1.54, 1.807) is 12.4 Å². The summed E-state index contributed by atoms with van der Waals surface area (Å²) in [5, 5.41) is 3.00. The molecule has 21 heavy (non-hydrogen) atoms. The number of rotatable bonds is 7. The van der Waals surface area contributed by atoms with Crippen LogP contribution in [0.4, 0.5) is 0 Å². The first-order chi connectivity index (χ1) is 9.85. The van der Waals surface area contributed by atoms with Crippen molar-refractivity contribution in [3.8, 4) is 0 Å². The van der Waals surface area contributed by atoms with Crippen LogP contribution in [0.1, 0.15) is 39.7 Å². The molecule has 5 nitrogen and oxygen atoms in total. The third-order valence-electron chi connectivity index (χ3n) is 3.27. The molecule has 1 aromatic rings. The van der Waals surface area contributed by atoms with Gasteiger partial charge in [0.15, 0.2) is 0 Å². The van der Waals surface area contributed by atoms with Crippen LogP contribution >= 0.6 is 0 Å². The molecule has 0 aliphatic rings. The van der Waals surface area contributed by atoms with Gasteiger partial charge in [-0.1, -0.05) is 6.92 Å². The molecule has 1 atom stereocenters. The second kappa shape index (κ2) is 8.10. The molecule has 118 valence electrons. The Balaban J connectivity index is 2.65. The molecule has 1 unspecified atom stereocenters. The Hall–Kier alpha value is -1.46. The van der Waals surface area contributed by atoms with Crippen molar-refractivity contribution in [2.24, 2.45) is 5.73 Å². The largest absolute Gasteiger partial charge is 0.351 e. The molecule has 0 radical (unpaired) electrons. The fourth-order valence-electron chi connectivity index (χ4n) is 2.27. The highest BCUT2D eigenvalue weighted by atomic mass is 16.1. The Kier molecular flexibility index (Phi) is 6.78. The molecular weight excluding hydrogens is 264 g/mol. The number of aromatic nitrogens is 1. The van der Waals surface area contributed by atoms with Crippen molar-refractivity contribution in [3.05, 3.63) is 30.1 Å². The highest BCUT2D eigenvalue weighted by Gasteiger charge is 2.21. The lowest BCUT2D eigenvalue weighted by molar-refractivity contribution is -0.123. The summed E-state index contributed by atoms with van der Waals surface area (Å²) in [5.74, 6) is 0.0473. The van der Waals surface area contributed by atoms with Crippen molar-refractivity contribution in [1.82, 2.24) is 15.2 Å². The Morgan fingerprint density at radius 2 is 2.00 bits per heavy atom. The molecule has 5 heteroatoms. The van der Waals surface area contributed by atoms with Gasteiger partial charge in [-0.05, 0) is 45.0 Å². The molecule has 1 aromatic heterocycles. The topological polar surface area (TPSA) is 71.2 Å². The highest BCUT2D eigenvalue weighted by Crippen LogP contribution is 2.10. The molecule has 0 aliphatic heterocycles. The molecule has 1 amide bonds. The molecule has 0 saturated heterocycles. The second-order valence-corrected chi connectivity index (χ2v) is 6.31. The summed E-state index contributed by atoms with van der Waals surface area (Å²) in [5.41, 5.74) is 6.85. The van der Waals surface area contributed by atoms with Crippen LogP contribution in [0.3, 0.4) is 0 Å². The summed E-state index contributed by atoms with van der Waals surface area (Å²) >= 11 is 0. The maximum absolute atomic E-state index is 12.1. The average Bonchev–Trinajstić information content (AvgIpc) is 2.41. The molecule has 1 rings (SSSR count). The molecule has 3 N–H and O–H groups in total. The van der Waals surface area contributed by atoms with E-state index in [-0.39, 0.29) is 17.5 Å². The monoisotopic (exact) mass is 292 g/mol. The van der Waals surface area contributed by atoms with E-state index in [9.17, 15) is 4.79 Å². The number of pyridine rings is 1. The van der Waals surface area contributed by atoms with Crippen molar-refractivity contribution >= 4 is 5.91 Å². The van der Waals surface area contributed by atoms with Crippen LogP contribution in [0.25, 0.3) is 0 Å². The predicted octanol–water partition coefficient (Wildman–Crippen LogP) is 1.54. The van der Waals surface area contributed by atoms with Gasteiger partial charge in [-0.3, -0.25) is 14.7 Å². The van der Waals surface area contributed by atoms with E-state index in [2.05, 4.69) is 22.1 Å². The highest BCUT2D eigenvalue weighted by molar-refractivity contribution is 5.77. The average molecular weight is 292 g/mol. The zero-order chi connectivity index (χ0) is 15.9. The van der Waals surface area contributed by atoms with Crippen LogP contribution in [0.15, 0.2) is 24.5 Å². The lowest BCUT2D eigenvalue weighted by atomic mass is 10.1. The molecule has 0 bridgehead atoms. The van der Waals surface area contributed by atoms with Gasteiger partial charge in [0.25, 0.3) is 0 Å². The van der Waals surface area contributed by atoms with E-state index in [1.807, 2.05) is 32.9 Å². The van der Waals surface area contributed by atoms with Crippen LogP contribution in [0.5, 0.6) is 0 Å². The minimum absolute atomic E-state index is 0.0468. The Bertz CT molecular complexity index is 428. The molecule has 0 aliphatic carbocycles. The van der Waals surface area contributed by atoms with E-state index < -0.39 is 0 Å². The van der Waals surface area contributed by atoms with Crippen LogP contribution in [-0.4, -0.2) is 40.5 Å². The lowest BCUT2D eigenvalue weighted by Crippen LogP contribution is -2.47. The minimum atomic E-state index is -0.210. The van der Waals surface area contributed by atoms with Gasteiger partial charge in [-0.2, -0.15) is 0 Å². The third kappa shape index (κ3) is 6.69. The van der Waals surface area contributed by atoms with E-state index >= 15 is 0 Å². The number of carbonyl (C=O) groups is 1. The van der Waals surface area contributed by atoms with Gasteiger partial charge in [0.2, 0.25) is 5.91 Å². The summed E-state index contributed by atoms with van der Waals surface area (Å²) in [7, 11) is 0. The number of nitrogens with zero attached hydrogens (tertiary/aromatic N) is 2. The smallest absolute Gasteiger partial charge is 0.222 e. The number of hydrogen-bond donors (Lipinski definition) is 2. The number of amides is 1. The van der Waals surface area contributed by atoms with Gasteiger partial charge in [-0.15, -0.1) is 0 Å². The van der Waals surface area contributed by atoms with Crippen molar-refractivity contribution in [2.75, 3.05) is 13.1 Å². The summed E-state index contributed by atoms with van der Waals surface area (Å²) < 4.78 is 0. The normalized spacial score (nSPS) is 13.2. The summed E-state index contributed by atoms with van der Waals surface area (Å²) in [6.07, 6.45) is 3.99. The molecule has 1 heterocycles. The first-order valence-electron chi connectivity index (χ1n) is 7.49. The van der Waals surface area contributed by atoms with E-state index in [0.29, 0.717) is 13.0 Å². The molecule has 0 fully saturated rings. The lowest BCUT2D eigenvalue weighted by Gasteiger charge is -2.30. The van der Waals surface area contributed by atoms with Crippen molar-refractivity contribution in [3.63, 3.8) is 0 Å². The molecular formula is C16H28N4O. The van der Waals surface area contributed by atoms with Gasteiger partial charge in [0.05, 0.1) is 0 Å². The number of carbonyl (C=O) groups excluding carboxylic acids is 1. The number of nitrogens with one attached hydrogen (secondary N) is 1. The SMILES string of the molecule is CCN(Cc1ccncc1)C(CN)CC(=O)NC(C)(C)C. The van der Waals surface area contributed by atoms with E-state index in [4.69, 9.17) is 5.73 Å². The van der Waals surface area contributed by atoms with Crippen LogP contribution < -0.4 is 11.1 Å². The predicted molar refractivity (Wildman–Crippen MR) is 85.7 cm³/mol. The summed E-state index contributed by atoms with van der Waals surface area (Å²) in [6, 6.07) is 4.03. The maximum atomic E-state index is 12.1. The third-order valence-corrected chi connectivity index (χ3v) is 3.27. The summed E-state index contributed by atoms with van der Waals surface area (Å²) in [4.78, 5) is 18.4. The van der Waals surface area contributed by atoms with Crippen LogP contribution in [0.2, 0.25) is 0 Å². The minimum Gasteiger partial charge on any atom is -0.351 e. The molecule has 0 aromatic carbocycles. The first-order valence-corrected chi connectivity index (χ1v) is 7.49. The van der Waals surface area contributed by atoms with E-state index in [1.165, 1.54) is 5.56 Å². The van der Waals surface area contributed by atoms with Gasteiger partial charge in [-0.25, -0.2) is 0 Å². The van der Waals surface area contributed by atoms with Crippen molar-refractivity contribution in [1.29, 1.82) is 0 Å². The Labute approximate surface area is 127 Å². The molecule has 0 spiro atoms. The van der Waals surface area contributed by atoms with Crippen LogP contribution in [0, 0.1) is 0 Å². The fourth-order valence-corrected chi connectivity index (χ4v) is 2.27. The maximum Gasteiger partial charge on any atom is 0.222 e. The van der Waals surface area contributed by atoms with Gasteiger partial charge >= 0.3 is 0 Å². The van der Waals surface area contributed by atoms with Gasteiger partial charge in [0, 0.05) is 43.5 Å². The van der Waals surface area contributed by atoms with Gasteiger partial charge < -0.3 is 11.1 Å². The number of nitrogens with two attached hydrogens (primary N) is 1. The Morgan fingerprint density at radius 1 is 1.38 bits per heavy atom. The quantitative estimate of drug-likeness (QED) is 0.799. The number of hydrogen-bond acceptors (Lipinski definition) is 4. The number of likely N-dealkylation sites (N-methyl/N-ethyl adjacent to an activating group) is 1. The Morgan fingerprint density at radius 3 is 2.48 bits per heavy atom. The molecule has 0 saturated carbocycles. The van der Waals surface area contributed by atoms with Crippen molar-refractivity contribution < 1.29 is 4.79 Å². The zero-order valence-electron chi connectivity index (χ0n) is 13.6. The summed E-state index contributed by atoms with van der Waals surface area (Å²) in [6.45, 7) is 10.1. The van der Waals surface area contributed by atoms with E-state index in [0.717, 1.165) is 13.1 Å². The zero-order valence-corrected chi connectivity index (χ0v) is 13.6. The van der Waals surface area contributed by atoms with Gasteiger partial charge in [0.1, 0.15) is 0 Å².